The molecule has 1 aromatic carbocycles. The maximum atomic E-state index is 11.9. The SMILES string of the molecule is C=Nn1cnnc1-c1cccnc1.Fc1ccccc1. The number of halogens is 1. The smallest absolute Gasteiger partial charge is 0.186 e. The fraction of sp³-hybridized carbons (Fsp3) is 0. The molecule has 5 nitrogen and oxygen atoms in total. The Kier molecular flexibility index (Phi) is 4.66. The van der Waals surface area contributed by atoms with Crippen LogP contribution >= 0.6 is 0 Å². The zero-order valence-corrected chi connectivity index (χ0v) is 10.6. The second-order valence-electron chi connectivity index (χ2n) is 3.68. The van der Waals surface area contributed by atoms with E-state index in [2.05, 4.69) is 27.0 Å². The van der Waals surface area contributed by atoms with Crippen molar-refractivity contribution >= 4 is 6.72 Å². The number of hydrogen-bond donors (Lipinski definition) is 0. The highest BCUT2D eigenvalue weighted by Crippen LogP contribution is 2.13. The van der Waals surface area contributed by atoms with Crippen LogP contribution in [0, 0.1) is 5.82 Å². The molecule has 2 heterocycles. The summed E-state index contributed by atoms with van der Waals surface area (Å²) < 4.78 is 13.4. The van der Waals surface area contributed by atoms with Crippen molar-refractivity contribution in [2.75, 3.05) is 0 Å². The molecule has 100 valence electrons. The second-order valence-corrected chi connectivity index (χ2v) is 3.68. The Morgan fingerprint density at radius 2 is 1.90 bits per heavy atom. The highest BCUT2D eigenvalue weighted by molar-refractivity contribution is 5.53. The van der Waals surface area contributed by atoms with Gasteiger partial charge in [0, 0.05) is 24.7 Å². The van der Waals surface area contributed by atoms with Crippen molar-refractivity contribution in [3.05, 3.63) is 67.0 Å². The molecule has 2 aromatic heterocycles. The lowest BCUT2D eigenvalue weighted by atomic mass is 10.3. The van der Waals surface area contributed by atoms with Crippen molar-refractivity contribution in [2.45, 2.75) is 0 Å². The van der Waals surface area contributed by atoms with Crippen molar-refractivity contribution in [3.63, 3.8) is 0 Å². The van der Waals surface area contributed by atoms with Gasteiger partial charge in [-0.3, -0.25) is 4.98 Å². The number of rotatable bonds is 2. The number of benzene rings is 1. The van der Waals surface area contributed by atoms with Crippen molar-refractivity contribution in [2.24, 2.45) is 5.10 Å². The van der Waals surface area contributed by atoms with Crippen LogP contribution in [0.5, 0.6) is 0 Å². The van der Waals surface area contributed by atoms with Gasteiger partial charge in [-0.2, -0.15) is 5.10 Å². The molecule has 20 heavy (non-hydrogen) atoms. The maximum Gasteiger partial charge on any atom is 0.186 e. The van der Waals surface area contributed by atoms with E-state index < -0.39 is 0 Å². The summed E-state index contributed by atoms with van der Waals surface area (Å²) in [7, 11) is 0. The van der Waals surface area contributed by atoms with Gasteiger partial charge < -0.3 is 0 Å². The van der Waals surface area contributed by atoms with Crippen LogP contribution in [0.2, 0.25) is 0 Å². The molecule has 0 spiro atoms. The number of pyridine rings is 1. The average molecular weight is 269 g/mol. The summed E-state index contributed by atoms with van der Waals surface area (Å²) in [5.41, 5.74) is 0.868. The zero-order chi connectivity index (χ0) is 14.2. The normalized spacial score (nSPS) is 9.45. The van der Waals surface area contributed by atoms with Gasteiger partial charge >= 0.3 is 0 Å². The predicted octanol–water partition coefficient (Wildman–Crippen LogP) is 2.63. The molecular formula is C14H12FN5. The minimum absolute atomic E-state index is 0.178. The molecule has 6 heteroatoms. The average Bonchev–Trinajstić information content (AvgIpc) is 2.98. The summed E-state index contributed by atoms with van der Waals surface area (Å²) >= 11 is 0. The monoisotopic (exact) mass is 269 g/mol. The predicted molar refractivity (Wildman–Crippen MR) is 74.6 cm³/mol. The maximum absolute atomic E-state index is 11.9. The lowest BCUT2D eigenvalue weighted by molar-refractivity contribution is 0.628. The summed E-state index contributed by atoms with van der Waals surface area (Å²) in [4.78, 5) is 3.97. The van der Waals surface area contributed by atoms with Crippen LogP contribution in [0.15, 0.2) is 66.3 Å². The summed E-state index contributed by atoms with van der Waals surface area (Å²) in [6.45, 7) is 3.40. The molecule has 0 unspecified atom stereocenters. The summed E-state index contributed by atoms with van der Waals surface area (Å²) in [6.07, 6.45) is 4.90. The first kappa shape index (κ1) is 13.5. The molecule has 0 fully saturated rings. The molecule has 0 saturated carbocycles. The lowest BCUT2D eigenvalue weighted by Gasteiger charge is -1.97. The summed E-state index contributed by atoms with van der Waals surface area (Å²) in [6, 6.07) is 11.7. The largest absolute Gasteiger partial charge is 0.264 e. The molecule has 0 aliphatic heterocycles. The van der Waals surface area contributed by atoms with Gasteiger partial charge in [-0.05, 0) is 24.3 Å². The van der Waals surface area contributed by atoms with Gasteiger partial charge in [0.25, 0.3) is 0 Å². The van der Waals surface area contributed by atoms with Gasteiger partial charge in [-0.15, -0.1) is 10.2 Å². The van der Waals surface area contributed by atoms with Crippen molar-refractivity contribution in [1.82, 2.24) is 19.9 Å². The topological polar surface area (TPSA) is 56.0 Å². The molecule has 0 atom stereocenters. The van der Waals surface area contributed by atoms with Crippen LogP contribution < -0.4 is 0 Å². The van der Waals surface area contributed by atoms with Gasteiger partial charge in [0.05, 0.1) is 0 Å². The van der Waals surface area contributed by atoms with Crippen LogP contribution in [-0.4, -0.2) is 26.6 Å². The third kappa shape index (κ3) is 3.55. The van der Waals surface area contributed by atoms with E-state index in [1.807, 2.05) is 12.1 Å². The van der Waals surface area contributed by atoms with Crippen molar-refractivity contribution in [3.8, 4) is 11.4 Å². The Hall–Kier alpha value is -2.89. The fourth-order valence-electron chi connectivity index (χ4n) is 1.43. The molecule has 0 bridgehead atoms. The Labute approximate surface area is 115 Å². The molecule has 3 aromatic rings. The minimum atomic E-state index is -0.178. The Morgan fingerprint density at radius 1 is 1.10 bits per heavy atom. The summed E-state index contributed by atoms with van der Waals surface area (Å²) in [5, 5.41) is 11.3. The van der Waals surface area contributed by atoms with Gasteiger partial charge in [0.1, 0.15) is 12.1 Å². The van der Waals surface area contributed by atoms with Gasteiger partial charge in [0.2, 0.25) is 0 Å². The number of aromatic nitrogens is 4. The van der Waals surface area contributed by atoms with Gasteiger partial charge in [-0.1, -0.05) is 18.2 Å². The van der Waals surface area contributed by atoms with Crippen molar-refractivity contribution in [1.29, 1.82) is 0 Å². The van der Waals surface area contributed by atoms with E-state index in [-0.39, 0.29) is 5.82 Å². The van der Waals surface area contributed by atoms with E-state index in [4.69, 9.17) is 0 Å². The lowest BCUT2D eigenvalue weighted by Crippen LogP contribution is -1.90. The van der Waals surface area contributed by atoms with Crippen LogP contribution in [0.1, 0.15) is 0 Å². The molecule has 0 amide bonds. The van der Waals surface area contributed by atoms with Crippen LogP contribution in [-0.2, 0) is 0 Å². The number of nitrogens with zero attached hydrogens (tertiary/aromatic N) is 5. The summed E-state index contributed by atoms with van der Waals surface area (Å²) in [5.74, 6) is 0.464. The van der Waals surface area contributed by atoms with Gasteiger partial charge in [-0.25, -0.2) is 9.07 Å². The van der Waals surface area contributed by atoms with Gasteiger partial charge in [0.15, 0.2) is 5.82 Å². The van der Waals surface area contributed by atoms with E-state index in [0.29, 0.717) is 5.82 Å². The Bertz CT molecular complexity index is 652. The van der Waals surface area contributed by atoms with Crippen molar-refractivity contribution < 1.29 is 4.39 Å². The first-order valence-corrected chi connectivity index (χ1v) is 5.79. The Morgan fingerprint density at radius 3 is 2.45 bits per heavy atom. The fourth-order valence-corrected chi connectivity index (χ4v) is 1.43. The molecule has 0 aliphatic rings. The third-order valence-corrected chi connectivity index (χ3v) is 2.34. The molecule has 0 radical (unpaired) electrons. The number of hydrogen-bond acceptors (Lipinski definition) is 4. The zero-order valence-electron chi connectivity index (χ0n) is 10.6. The van der Waals surface area contributed by atoms with E-state index in [0.717, 1.165) is 5.56 Å². The highest BCUT2D eigenvalue weighted by atomic mass is 19.1. The van der Waals surface area contributed by atoms with Crippen LogP contribution in [0.3, 0.4) is 0 Å². The standard InChI is InChI=1S/C8H7N5.C6H5F/c1-9-13-6-11-12-8(13)7-3-2-4-10-5-7;7-6-4-2-1-3-5-6/h2-6H,1H2;1-5H. The quantitative estimate of drug-likeness (QED) is 0.672. The highest BCUT2D eigenvalue weighted by Gasteiger charge is 2.04. The Balaban J connectivity index is 0.000000178. The minimum Gasteiger partial charge on any atom is -0.264 e. The van der Waals surface area contributed by atoms with Crippen LogP contribution in [0.4, 0.5) is 4.39 Å². The first-order chi connectivity index (χ1) is 9.81. The van der Waals surface area contributed by atoms with Crippen LogP contribution in [0.25, 0.3) is 11.4 Å². The molecule has 0 aliphatic carbocycles. The second kappa shape index (κ2) is 6.89. The molecule has 0 N–H and O–H groups in total. The third-order valence-electron chi connectivity index (χ3n) is 2.34. The molecule has 0 saturated heterocycles. The van der Waals surface area contributed by atoms with E-state index in [9.17, 15) is 4.39 Å². The van der Waals surface area contributed by atoms with E-state index in [1.165, 1.54) is 23.1 Å². The van der Waals surface area contributed by atoms with E-state index in [1.54, 1.807) is 30.6 Å². The molecular weight excluding hydrogens is 257 g/mol. The first-order valence-electron chi connectivity index (χ1n) is 5.79. The molecule has 3 rings (SSSR count). The van der Waals surface area contributed by atoms with E-state index >= 15 is 0 Å².